The van der Waals surface area contributed by atoms with Crippen LogP contribution >= 0.6 is 0 Å². The summed E-state index contributed by atoms with van der Waals surface area (Å²) in [5, 5.41) is 3.33. The van der Waals surface area contributed by atoms with Crippen LogP contribution in [0.4, 0.5) is 14.5 Å². The summed E-state index contributed by atoms with van der Waals surface area (Å²) in [6.45, 7) is 1.32. The van der Waals surface area contributed by atoms with Crippen LogP contribution in [0.1, 0.15) is 16.9 Å². The number of pyridine rings is 1. The molecule has 142 valence electrons. The number of ether oxygens (including phenoxy) is 1. The number of benzene rings is 2. The van der Waals surface area contributed by atoms with E-state index >= 15 is 0 Å². The molecule has 0 spiro atoms. The molecule has 0 unspecified atom stereocenters. The van der Waals surface area contributed by atoms with E-state index in [1.807, 2.05) is 36.4 Å². The number of rotatable bonds is 7. The number of furan rings is 1. The zero-order valence-corrected chi connectivity index (χ0v) is 15.0. The zero-order chi connectivity index (χ0) is 19.3. The molecule has 0 aliphatic rings. The van der Waals surface area contributed by atoms with Crippen molar-refractivity contribution in [3.8, 4) is 0 Å². The van der Waals surface area contributed by atoms with E-state index in [2.05, 4.69) is 10.3 Å². The predicted molar refractivity (Wildman–Crippen MR) is 103 cm³/mol. The van der Waals surface area contributed by atoms with Crippen molar-refractivity contribution in [1.29, 1.82) is 0 Å². The van der Waals surface area contributed by atoms with Gasteiger partial charge in [-0.3, -0.25) is 4.98 Å². The van der Waals surface area contributed by atoms with Crippen LogP contribution in [0.2, 0.25) is 0 Å². The van der Waals surface area contributed by atoms with E-state index < -0.39 is 11.6 Å². The van der Waals surface area contributed by atoms with Gasteiger partial charge in [-0.2, -0.15) is 0 Å². The van der Waals surface area contributed by atoms with Crippen molar-refractivity contribution in [2.24, 2.45) is 0 Å². The highest BCUT2D eigenvalue weighted by Crippen LogP contribution is 2.27. The summed E-state index contributed by atoms with van der Waals surface area (Å²) in [4.78, 5) is 3.95. The molecule has 0 fully saturated rings. The van der Waals surface area contributed by atoms with E-state index in [0.29, 0.717) is 25.4 Å². The lowest BCUT2D eigenvalue weighted by atomic mass is 10.1. The molecule has 1 N–H and O–H groups in total. The molecular formula is C22H18F2N2O2. The van der Waals surface area contributed by atoms with Crippen molar-refractivity contribution in [3.05, 3.63) is 95.6 Å². The average molecular weight is 380 g/mol. The summed E-state index contributed by atoms with van der Waals surface area (Å²) in [6.07, 6.45) is 3.08. The van der Waals surface area contributed by atoms with Gasteiger partial charge in [0.2, 0.25) is 0 Å². The molecule has 2 heterocycles. The number of halogens is 2. The van der Waals surface area contributed by atoms with Gasteiger partial charge in [-0.05, 0) is 41.5 Å². The molecular weight excluding hydrogens is 362 g/mol. The fraction of sp³-hybridized carbons (Fsp3) is 0.136. The summed E-state index contributed by atoms with van der Waals surface area (Å²) in [5.41, 5.74) is 2.54. The normalized spacial score (nSPS) is 11.1. The molecule has 0 saturated carbocycles. The fourth-order valence-electron chi connectivity index (χ4n) is 3.03. The molecule has 4 rings (SSSR count). The number of hydrogen-bond donors (Lipinski definition) is 1. The smallest absolute Gasteiger partial charge is 0.149 e. The molecule has 4 aromatic rings. The molecule has 28 heavy (non-hydrogen) atoms. The summed E-state index contributed by atoms with van der Waals surface area (Å²) >= 11 is 0. The molecule has 2 aromatic carbocycles. The maximum atomic E-state index is 14.2. The third-order valence-electron chi connectivity index (χ3n) is 4.36. The summed E-state index contributed by atoms with van der Waals surface area (Å²) in [5.74, 6) is -0.278. The highest BCUT2D eigenvalue weighted by molar-refractivity contribution is 5.91. The lowest BCUT2D eigenvalue weighted by Crippen LogP contribution is -2.03. The Kier molecular flexibility index (Phi) is 5.30. The van der Waals surface area contributed by atoms with Gasteiger partial charge in [0, 0.05) is 18.4 Å². The molecule has 0 radical (unpaired) electrons. The number of nitrogens with one attached hydrogen (secondary N) is 1. The Balaban J connectivity index is 1.44. The van der Waals surface area contributed by atoms with Crippen LogP contribution in [0.5, 0.6) is 0 Å². The van der Waals surface area contributed by atoms with Crippen molar-refractivity contribution in [2.45, 2.75) is 19.8 Å². The van der Waals surface area contributed by atoms with Crippen molar-refractivity contribution >= 4 is 16.6 Å². The standard InChI is InChI=1S/C22H18F2N2O2/c23-18-6-7-19(24)22-21(18)20(8-9-25-22)26-12-15-3-1-4-16(11-15)13-27-14-17-5-2-10-28-17/h1-11H,12-14H2,(H,25,26). The summed E-state index contributed by atoms with van der Waals surface area (Å²) in [7, 11) is 0. The number of aromatic nitrogens is 1. The molecule has 0 aliphatic heterocycles. The molecule has 0 atom stereocenters. The third-order valence-corrected chi connectivity index (χ3v) is 4.36. The third kappa shape index (κ3) is 4.02. The first-order valence-corrected chi connectivity index (χ1v) is 8.85. The van der Waals surface area contributed by atoms with Crippen LogP contribution in [0.25, 0.3) is 10.9 Å². The molecule has 4 nitrogen and oxygen atoms in total. The van der Waals surface area contributed by atoms with Crippen molar-refractivity contribution in [1.82, 2.24) is 4.98 Å². The molecule has 0 amide bonds. The van der Waals surface area contributed by atoms with Gasteiger partial charge in [0.15, 0.2) is 0 Å². The number of hydrogen-bond acceptors (Lipinski definition) is 4. The Bertz CT molecular complexity index is 1080. The van der Waals surface area contributed by atoms with Crippen molar-refractivity contribution in [3.63, 3.8) is 0 Å². The maximum absolute atomic E-state index is 14.2. The van der Waals surface area contributed by atoms with E-state index in [0.717, 1.165) is 29.0 Å². The number of anilines is 1. The Labute approximate surface area is 160 Å². The van der Waals surface area contributed by atoms with E-state index in [-0.39, 0.29) is 10.9 Å². The van der Waals surface area contributed by atoms with Gasteiger partial charge in [0.25, 0.3) is 0 Å². The Morgan fingerprint density at radius 3 is 2.64 bits per heavy atom. The zero-order valence-electron chi connectivity index (χ0n) is 15.0. The molecule has 0 saturated heterocycles. The maximum Gasteiger partial charge on any atom is 0.149 e. The Morgan fingerprint density at radius 1 is 0.929 bits per heavy atom. The Hall–Kier alpha value is -3.25. The minimum absolute atomic E-state index is 0.0186. The van der Waals surface area contributed by atoms with E-state index in [4.69, 9.17) is 9.15 Å². The number of fused-ring (bicyclic) bond motifs is 1. The van der Waals surface area contributed by atoms with Gasteiger partial charge in [0.1, 0.15) is 29.5 Å². The minimum Gasteiger partial charge on any atom is -0.467 e. The predicted octanol–water partition coefficient (Wildman–Crippen LogP) is 5.43. The first kappa shape index (κ1) is 18.1. The topological polar surface area (TPSA) is 47.3 Å². The second-order valence-electron chi connectivity index (χ2n) is 6.36. The van der Waals surface area contributed by atoms with Gasteiger partial charge < -0.3 is 14.5 Å². The summed E-state index contributed by atoms with van der Waals surface area (Å²) < 4.78 is 39.0. The van der Waals surface area contributed by atoms with Crippen molar-refractivity contribution in [2.75, 3.05) is 5.32 Å². The van der Waals surface area contributed by atoms with E-state index in [1.54, 1.807) is 12.3 Å². The van der Waals surface area contributed by atoms with Crippen LogP contribution in [-0.4, -0.2) is 4.98 Å². The summed E-state index contributed by atoms with van der Waals surface area (Å²) in [6, 6.07) is 15.4. The van der Waals surface area contributed by atoms with E-state index in [1.165, 1.54) is 6.20 Å². The lowest BCUT2D eigenvalue weighted by Gasteiger charge is -2.11. The number of nitrogens with zero attached hydrogens (tertiary/aromatic N) is 1. The van der Waals surface area contributed by atoms with Crippen LogP contribution in [0.15, 0.2) is 71.5 Å². The molecule has 6 heteroatoms. The minimum atomic E-state index is -0.546. The molecule has 0 bridgehead atoms. The quantitative estimate of drug-likeness (QED) is 0.464. The van der Waals surface area contributed by atoms with Gasteiger partial charge in [-0.15, -0.1) is 0 Å². The molecule has 0 aliphatic carbocycles. The SMILES string of the molecule is Fc1ccc(F)c2c(NCc3cccc(COCc4ccco4)c3)ccnc12. The highest BCUT2D eigenvalue weighted by atomic mass is 19.1. The van der Waals surface area contributed by atoms with Gasteiger partial charge in [-0.1, -0.05) is 24.3 Å². The second kappa shape index (κ2) is 8.19. The van der Waals surface area contributed by atoms with E-state index in [9.17, 15) is 8.78 Å². The second-order valence-corrected chi connectivity index (χ2v) is 6.36. The molecule has 2 aromatic heterocycles. The monoisotopic (exact) mass is 380 g/mol. The largest absolute Gasteiger partial charge is 0.467 e. The van der Waals surface area contributed by atoms with Gasteiger partial charge in [0.05, 0.1) is 18.3 Å². The van der Waals surface area contributed by atoms with Crippen molar-refractivity contribution < 1.29 is 17.9 Å². The van der Waals surface area contributed by atoms with Crippen LogP contribution < -0.4 is 5.32 Å². The first-order chi connectivity index (χ1) is 13.7. The van der Waals surface area contributed by atoms with Gasteiger partial charge in [-0.25, -0.2) is 8.78 Å². The lowest BCUT2D eigenvalue weighted by molar-refractivity contribution is 0.0929. The first-order valence-electron chi connectivity index (χ1n) is 8.85. The fourth-order valence-corrected chi connectivity index (χ4v) is 3.03. The average Bonchev–Trinajstić information content (AvgIpc) is 3.23. The van der Waals surface area contributed by atoms with Gasteiger partial charge >= 0.3 is 0 Å². The van der Waals surface area contributed by atoms with Crippen LogP contribution in [0.3, 0.4) is 0 Å². The highest BCUT2D eigenvalue weighted by Gasteiger charge is 2.11. The van der Waals surface area contributed by atoms with Crippen LogP contribution in [-0.2, 0) is 24.5 Å². The Morgan fingerprint density at radius 2 is 1.79 bits per heavy atom. The van der Waals surface area contributed by atoms with Crippen LogP contribution in [0, 0.1) is 11.6 Å².